The van der Waals surface area contributed by atoms with Crippen molar-refractivity contribution < 1.29 is 0 Å². The Labute approximate surface area is 120 Å². The average Bonchev–Trinajstić information content (AvgIpc) is 2.95. The largest absolute Gasteiger partial charge is 0.368 e. The van der Waals surface area contributed by atoms with Crippen molar-refractivity contribution in [1.29, 1.82) is 0 Å². The molecule has 0 atom stereocenters. The molecule has 0 unspecified atom stereocenters. The van der Waals surface area contributed by atoms with Gasteiger partial charge in [-0.15, -0.1) is 0 Å². The zero-order valence-electron chi connectivity index (χ0n) is 11.1. The second-order valence-electron chi connectivity index (χ2n) is 4.83. The van der Waals surface area contributed by atoms with Crippen molar-refractivity contribution in [3.05, 3.63) is 54.0 Å². The first kappa shape index (κ1) is 11.8. The van der Waals surface area contributed by atoms with Crippen molar-refractivity contribution in [2.45, 2.75) is 6.42 Å². The first-order chi connectivity index (χ1) is 10.3. The van der Waals surface area contributed by atoms with Gasteiger partial charge in [-0.2, -0.15) is 10.1 Å². The molecule has 21 heavy (non-hydrogen) atoms. The highest BCUT2D eigenvalue weighted by Gasteiger charge is 2.09. The maximum atomic E-state index is 5.74. The Morgan fingerprint density at radius 2 is 1.90 bits per heavy atom. The number of hydrogen-bond acceptors (Lipinski definition) is 5. The number of fused-ring (bicyclic) bond motifs is 2. The van der Waals surface area contributed by atoms with E-state index >= 15 is 0 Å². The van der Waals surface area contributed by atoms with Crippen LogP contribution in [0, 0.1) is 0 Å². The highest BCUT2D eigenvalue weighted by atomic mass is 15.2. The first-order valence-electron chi connectivity index (χ1n) is 6.60. The summed E-state index contributed by atoms with van der Waals surface area (Å²) in [6.45, 7) is 0. The van der Waals surface area contributed by atoms with Gasteiger partial charge in [-0.1, -0.05) is 24.3 Å². The summed E-state index contributed by atoms with van der Waals surface area (Å²) < 4.78 is 0. The van der Waals surface area contributed by atoms with Crippen molar-refractivity contribution in [2.75, 3.05) is 5.73 Å². The smallest absolute Gasteiger partial charge is 0.222 e. The summed E-state index contributed by atoms with van der Waals surface area (Å²) in [7, 11) is 0. The lowest BCUT2D eigenvalue weighted by molar-refractivity contribution is 1.03. The fraction of sp³-hybridized carbons (Fsp3) is 0.0667. The summed E-state index contributed by atoms with van der Waals surface area (Å²) in [6.07, 6.45) is 2.30. The second-order valence-corrected chi connectivity index (χ2v) is 4.83. The Balaban J connectivity index is 1.80. The molecule has 4 rings (SSSR count). The van der Waals surface area contributed by atoms with Crippen molar-refractivity contribution in [3.63, 3.8) is 0 Å². The molecular weight excluding hydrogens is 264 g/mol. The van der Waals surface area contributed by atoms with Gasteiger partial charge in [0.2, 0.25) is 5.95 Å². The van der Waals surface area contributed by atoms with E-state index in [2.05, 4.69) is 31.2 Å². The lowest BCUT2D eigenvalue weighted by Gasteiger charge is -2.04. The van der Waals surface area contributed by atoms with E-state index in [0.717, 1.165) is 27.7 Å². The Hall–Kier alpha value is -3.02. The fourth-order valence-electron chi connectivity index (χ4n) is 2.43. The number of nitrogens with one attached hydrogen (secondary N) is 1. The molecule has 0 saturated carbocycles. The molecule has 0 amide bonds. The third-order valence-corrected chi connectivity index (χ3v) is 3.41. The lowest BCUT2D eigenvalue weighted by Crippen LogP contribution is -2.02. The molecule has 0 spiro atoms. The number of rotatable bonds is 2. The number of nitrogen functional groups attached to an aromatic ring is 1. The molecule has 4 aromatic rings. The van der Waals surface area contributed by atoms with E-state index in [-0.39, 0.29) is 5.95 Å². The van der Waals surface area contributed by atoms with E-state index in [0.29, 0.717) is 12.1 Å². The number of nitrogens with two attached hydrogens (primary N) is 1. The highest BCUT2D eigenvalue weighted by molar-refractivity contribution is 5.79. The molecule has 0 aliphatic rings. The van der Waals surface area contributed by atoms with Gasteiger partial charge < -0.3 is 5.73 Å². The Bertz CT molecular complexity index is 943. The molecule has 1 aromatic carbocycles. The number of H-pyrrole nitrogens is 1. The van der Waals surface area contributed by atoms with Crippen molar-refractivity contribution in [3.8, 4) is 0 Å². The van der Waals surface area contributed by atoms with Crippen LogP contribution < -0.4 is 5.73 Å². The number of pyridine rings is 1. The minimum Gasteiger partial charge on any atom is -0.368 e. The topological polar surface area (TPSA) is 93.4 Å². The molecule has 6 nitrogen and oxygen atoms in total. The SMILES string of the molecule is Nc1nc(Cc2ccc3ccccc3n2)c2cn[nH]c2n1. The minimum absolute atomic E-state index is 0.238. The standard InChI is InChI=1S/C15H12N6/c16-15-19-13(11-8-17-21-14(11)20-15)7-10-6-5-9-3-1-2-4-12(9)18-10/h1-6,8H,7H2,(H3,16,17,19,20,21). The van der Waals surface area contributed by atoms with Gasteiger partial charge in [0.15, 0.2) is 5.65 Å². The normalized spacial score (nSPS) is 11.2. The molecule has 3 heterocycles. The molecular formula is C15H12N6. The molecule has 0 aliphatic heterocycles. The van der Waals surface area contributed by atoms with Crippen LogP contribution in [0.5, 0.6) is 0 Å². The van der Waals surface area contributed by atoms with Gasteiger partial charge in [0.25, 0.3) is 0 Å². The van der Waals surface area contributed by atoms with E-state index < -0.39 is 0 Å². The summed E-state index contributed by atoms with van der Waals surface area (Å²) in [5.41, 5.74) is 9.13. The van der Waals surface area contributed by atoms with Crippen LogP contribution in [0.1, 0.15) is 11.4 Å². The maximum Gasteiger partial charge on any atom is 0.222 e. The molecule has 0 radical (unpaired) electrons. The fourth-order valence-corrected chi connectivity index (χ4v) is 2.43. The number of para-hydroxylation sites is 1. The van der Waals surface area contributed by atoms with E-state index in [4.69, 9.17) is 5.73 Å². The third kappa shape index (κ3) is 2.06. The van der Waals surface area contributed by atoms with Crippen molar-refractivity contribution >= 4 is 27.9 Å². The second kappa shape index (κ2) is 4.52. The summed E-state index contributed by atoms with van der Waals surface area (Å²) in [5, 5.41) is 8.80. The van der Waals surface area contributed by atoms with E-state index in [1.54, 1.807) is 6.20 Å². The third-order valence-electron chi connectivity index (χ3n) is 3.41. The van der Waals surface area contributed by atoms with Crippen molar-refractivity contribution in [1.82, 2.24) is 25.1 Å². The molecule has 3 aromatic heterocycles. The zero-order chi connectivity index (χ0) is 14.2. The van der Waals surface area contributed by atoms with Crippen LogP contribution in [0.3, 0.4) is 0 Å². The quantitative estimate of drug-likeness (QED) is 0.584. The average molecular weight is 276 g/mol. The molecule has 0 saturated heterocycles. The molecule has 0 aliphatic carbocycles. The van der Waals surface area contributed by atoms with Gasteiger partial charge in [-0.05, 0) is 12.1 Å². The molecule has 0 fully saturated rings. The highest BCUT2D eigenvalue weighted by Crippen LogP contribution is 2.18. The number of nitrogens with zero attached hydrogens (tertiary/aromatic N) is 4. The van der Waals surface area contributed by atoms with Crippen LogP contribution in [0.15, 0.2) is 42.6 Å². The number of benzene rings is 1. The number of anilines is 1. The van der Waals surface area contributed by atoms with Gasteiger partial charge in [-0.25, -0.2) is 4.98 Å². The van der Waals surface area contributed by atoms with Gasteiger partial charge in [0.1, 0.15) is 0 Å². The molecule has 102 valence electrons. The molecule has 3 N–H and O–H groups in total. The molecule has 0 bridgehead atoms. The Kier molecular flexibility index (Phi) is 2.53. The Morgan fingerprint density at radius 1 is 1.00 bits per heavy atom. The van der Waals surface area contributed by atoms with Gasteiger partial charge in [-0.3, -0.25) is 10.1 Å². The number of hydrogen-bond donors (Lipinski definition) is 2. The van der Waals surface area contributed by atoms with E-state index in [9.17, 15) is 0 Å². The predicted molar refractivity (Wildman–Crippen MR) is 80.6 cm³/mol. The number of aromatic amines is 1. The van der Waals surface area contributed by atoms with Crippen LogP contribution in [0.25, 0.3) is 21.9 Å². The van der Waals surface area contributed by atoms with Crippen molar-refractivity contribution in [2.24, 2.45) is 0 Å². The lowest BCUT2D eigenvalue weighted by atomic mass is 10.1. The maximum absolute atomic E-state index is 5.74. The predicted octanol–water partition coefficient (Wildman–Crippen LogP) is 2.07. The van der Waals surface area contributed by atoms with Crippen LogP contribution in [0.2, 0.25) is 0 Å². The summed E-state index contributed by atoms with van der Waals surface area (Å²) in [6, 6.07) is 12.1. The van der Waals surface area contributed by atoms with Gasteiger partial charge >= 0.3 is 0 Å². The molecule has 6 heteroatoms. The van der Waals surface area contributed by atoms with E-state index in [1.165, 1.54) is 0 Å². The number of aromatic nitrogens is 5. The van der Waals surface area contributed by atoms with Gasteiger partial charge in [0, 0.05) is 17.5 Å². The monoisotopic (exact) mass is 276 g/mol. The summed E-state index contributed by atoms with van der Waals surface area (Å²) in [4.78, 5) is 13.1. The summed E-state index contributed by atoms with van der Waals surface area (Å²) in [5.74, 6) is 0.238. The van der Waals surface area contributed by atoms with Crippen LogP contribution in [-0.2, 0) is 6.42 Å². The van der Waals surface area contributed by atoms with Crippen LogP contribution in [0.4, 0.5) is 5.95 Å². The van der Waals surface area contributed by atoms with Crippen LogP contribution in [-0.4, -0.2) is 25.1 Å². The van der Waals surface area contributed by atoms with E-state index in [1.807, 2.05) is 30.3 Å². The Morgan fingerprint density at radius 3 is 2.86 bits per heavy atom. The minimum atomic E-state index is 0.238. The zero-order valence-corrected chi connectivity index (χ0v) is 11.1. The summed E-state index contributed by atoms with van der Waals surface area (Å²) >= 11 is 0. The first-order valence-corrected chi connectivity index (χ1v) is 6.60. The van der Waals surface area contributed by atoms with Gasteiger partial charge in [0.05, 0.1) is 22.8 Å². The van der Waals surface area contributed by atoms with Crippen LogP contribution >= 0.6 is 0 Å².